The van der Waals surface area contributed by atoms with Crippen LogP contribution in [0.25, 0.3) is 0 Å². The van der Waals surface area contributed by atoms with Crippen molar-refractivity contribution in [3.8, 4) is 34.5 Å². The maximum absolute atomic E-state index is 12.5. The van der Waals surface area contributed by atoms with Crippen LogP contribution in [0.3, 0.4) is 0 Å². The Morgan fingerprint density at radius 2 is 1.61 bits per heavy atom. The summed E-state index contributed by atoms with van der Waals surface area (Å²) in [5.41, 5.74) is 0.859. The van der Waals surface area contributed by atoms with E-state index in [1.165, 1.54) is 25.3 Å². The molecule has 0 radical (unpaired) electrons. The first-order valence-corrected chi connectivity index (χ1v) is 9.92. The molecular weight excluding hydrogens is 430 g/mol. The van der Waals surface area contributed by atoms with Crippen molar-refractivity contribution in [1.29, 1.82) is 0 Å². The van der Waals surface area contributed by atoms with Crippen molar-refractivity contribution >= 4 is 17.6 Å². The van der Waals surface area contributed by atoms with Crippen LogP contribution in [0.5, 0.6) is 34.5 Å². The SMILES string of the molecule is COc1ccc(NC(=O)COc2ccc(C(=O)Oc3ccc4c(c3)OCO4)cc2OC)cc1. The standard InChI is InChI=1S/C24H21NO8/c1-28-17-6-4-16(5-7-17)25-23(26)13-30-19-9-3-15(11-21(19)29-2)24(27)33-18-8-10-20-22(12-18)32-14-31-20/h3-12H,13-14H2,1-2H3,(H,25,26). The van der Waals surface area contributed by atoms with E-state index in [0.717, 1.165) is 0 Å². The van der Waals surface area contributed by atoms with E-state index in [2.05, 4.69) is 5.32 Å². The quantitative estimate of drug-likeness (QED) is 0.409. The smallest absolute Gasteiger partial charge is 0.343 e. The predicted octanol–water partition coefficient (Wildman–Crippen LogP) is 3.67. The summed E-state index contributed by atoms with van der Waals surface area (Å²) in [6, 6.07) is 16.3. The Kier molecular flexibility index (Phi) is 6.49. The second-order valence-corrected chi connectivity index (χ2v) is 6.84. The topological polar surface area (TPSA) is 102 Å². The number of hydrogen-bond donors (Lipinski definition) is 1. The molecule has 3 aromatic carbocycles. The number of rotatable bonds is 8. The third-order valence-corrected chi connectivity index (χ3v) is 4.69. The van der Waals surface area contributed by atoms with Crippen LogP contribution in [0.1, 0.15) is 10.4 Å². The van der Waals surface area contributed by atoms with Gasteiger partial charge in [0, 0.05) is 11.8 Å². The minimum absolute atomic E-state index is 0.128. The van der Waals surface area contributed by atoms with E-state index in [1.54, 1.807) is 49.6 Å². The lowest BCUT2D eigenvalue weighted by molar-refractivity contribution is -0.118. The van der Waals surface area contributed by atoms with Gasteiger partial charge >= 0.3 is 5.97 Å². The summed E-state index contributed by atoms with van der Waals surface area (Å²) >= 11 is 0. The summed E-state index contributed by atoms with van der Waals surface area (Å²) in [6.45, 7) is -0.118. The molecule has 0 aromatic heterocycles. The average molecular weight is 451 g/mol. The number of amides is 1. The van der Waals surface area contributed by atoms with Crippen LogP contribution in [0.4, 0.5) is 5.69 Å². The molecule has 1 heterocycles. The molecule has 0 spiro atoms. The van der Waals surface area contributed by atoms with Gasteiger partial charge in [0.15, 0.2) is 29.6 Å². The third kappa shape index (κ3) is 5.27. The number of ether oxygens (including phenoxy) is 6. The van der Waals surface area contributed by atoms with Gasteiger partial charge in [-0.1, -0.05) is 0 Å². The van der Waals surface area contributed by atoms with Crippen LogP contribution in [-0.2, 0) is 4.79 Å². The number of carbonyl (C=O) groups excluding carboxylic acids is 2. The zero-order valence-corrected chi connectivity index (χ0v) is 18.0. The molecule has 1 aliphatic rings. The molecule has 4 rings (SSSR count). The lowest BCUT2D eigenvalue weighted by atomic mass is 10.2. The molecule has 0 aliphatic carbocycles. The highest BCUT2D eigenvalue weighted by Crippen LogP contribution is 2.35. The van der Waals surface area contributed by atoms with Crippen LogP contribution in [0.2, 0.25) is 0 Å². The summed E-state index contributed by atoms with van der Waals surface area (Å²) < 4.78 is 31.9. The van der Waals surface area contributed by atoms with E-state index in [4.69, 9.17) is 28.4 Å². The minimum Gasteiger partial charge on any atom is -0.497 e. The van der Waals surface area contributed by atoms with Gasteiger partial charge in [-0.2, -0.15) is 0 Å². The molecular formula is C24H21NO8. The number of anilines is 1. The van der Waals surface area contributed by atoms with E-state index < -0.39 is 5.97 Å². The first-order valence-electron chi connectivity index (χ1n) is 9.92. The molecule has 0 unspecified atom stereocenters. The van der Waals surface area contributed by atoms with Crippen molar-refractivity contribution in [1.82, 2.24) is 0 Å². The Labute approximate surface area is 189 Å². The fraction of sp³-hybridized carbons (Fsp3) is 0.167. The highest BCUT2D eigenvalue weighted by molar-refractivity contribution is 5.93. The Balaban J connectivity index is 1.36. The van der Waals surface area contributed by atoms with Gasteiger partial charge in [-0.25, -0.2) is 4.79 Å². The van der Waals surface area contributed by atoms with Crippen molar-refractivity contribution in [3.05, 3.63) is 66.2 Å². The van der Waals surface area contributed by atoms with E-state index in [1.807, 2.05) is 0 Å². The van der Waals surface area contributed by atoms with Gasteiger partial charge < -0.3 is 33.7 Å². The molecule has 0 atom stereocenters. The van der Waals surface area contributed by atoms with Gasteiger partial charge in [-0.05, 0) is 54.6 Å². The Morgan fingerprint density at radius 1 is 0.848 bits per heavy atom. The van der Waals surface area contributed by atoms with Crippen molar-refractivity contribution in [2.45, 2.75) is 0 Å². The van der Waals surface area contributed by atoms with Gasteiger partial charge in [0.05, 0.1) is 19.8 Å². The molecule has 0 fully saturated rings. The zero-order chi connectivity index (χ0) is 23.2. The van der Waals surface area contributed by atoms with Crippen molar-refractivity contribution in [2.75, 3.05) is 32.9 Å². The third-order valence-electron chi connectivity index (χ3n) is 4.69. The zero-order valence-electron chi connectivity index (χ0n) is 18.0. The largest absolute Gasteiger partial charge is 0.497 e. The van der Waals surface area contributed by atoms with E-state index in [9.17, 15) is 9.59 Å². The molecule has 0 bridgehead atoms. The second kappa shape index (κ2) is 9.82. The van der Waals surface area contributed by atoms with Crippen LogP contribution < -0.4 is 33.7 Å². The second-order valence-electron chi connectivity index (χ2n) is 6.84. The van der Waals surface area contributed by atoms with Gasteiger partial charge in [-0.15, -0.1) is 0 Å². The Morgan fingerprint density at radius 3 is 2.36 bits per heavy atom. The van der Waals surface area contributed by atoms with Crippen molar-refractivity contribution in [3.63, 3.8) is 0 Å². The van der Waals surface area contributed by atoms with Crippen molar-refractivity contribution < 1.29 is 38.0 Å². The monoisotopic (exact) mass is 451 g/mol. The fourth-order valence-corrected chi connectivity index (χ4v) is 3.03. The maximum atomic E-state index is 12.5. The number of carbonyl (C=O) groups is 2. The molecule has 3 aromatic rings. The summed E-state index contributed by atoms with van der Waals surface area (Å²) in [7, 11) is 3.00. The number of benzene rings is 3. The van der Waals surface area contributed by atoms with Crippen LogP contribution >= 0.6 is 0 Å². The first-order chi connectivity index (χ1) is 16.1. The van der Waals surface area contributed by atoms with Crippen molar-refractivity contribution in [2.24, 2.45) is 0 Å². The normalized spacial score (nSPS) is 11.5. The minimum atomic E-state index is -0.587. The lowest BCUT2D eigenvalue weighted by Gasteiger charge is -2.12. The lowest BCUT2D eigenvalue weighted by Crippen LogP contribution is -2.20. The number of fused-ring (bicyclic) bond motifs is 1. The van der Waals surface area contributed by atoms with E-state index >= 15 is 0 Å². The van der Waals surface area contributed by atoms with Crippen LogP contribution in [0, 0.1) is 0 Å². The Hall–Kier alpha value is -4.40. The summed E-state index contributed by atoms with van der Waals surface area (Å²) in [5.74, 6) is 1.76. The average Bonchev–Trinajstić information content (AvgIpc) is 3.31. The van der Waals surface area contributed by atoms with E-state index in [0.29, 0.717) is 34.4 Å². The highest BCUT2D eigenvalue weighted by atomic mass is 16.7. The molecule has 1 amide bonds. The molecule has 1 aliphatic heterocycles. The molecule has 1 N–H and O–H groups in total. The Bertz CT molecular complexity index is 1160. The van der Waals surface area contributed by atoms with Gasteiger partial charge in [0.25, 0.3) is 5.91 Å². The van der Waals surface area contributed by atoms with Crippen LogP contribution in [-0.4, -0.2) is 39.5 Å². The molecule has 0 saturated heterocycles. The number of methoxy groups -OCH3 is 2. The van der Waals surface area contributed by atoms with E-state index in [-0.39, 0.29) is 30.6 Å². The summed E-state index contributed by atoms with van der Waals surface area (Å²) in [6.07, 6.45) is 0. The fourth-order valence-electron chi connectivity index (χ4n) is 3.03. The van der Waals surface area contributed by atoms with Crippen LogP contribution in [0.15, 0.2) is 60.7 Å². The molecule has 9 nitrogen and oxygen atoms in total. The summed E-state index contributed by atoms with van der Waals surface area (Å²) in [5, 5.41) is 2.72. The highest BCUT2D eigenvalue weighted by Gasteiger charge is 2.18. The number of hydrogen-bond acceptors (Lipinski definition) is 8. The molecule has 170 valence electrons. The summed E-state index contributed by atoms with van der Waals surface area (Å²) in [4.78, 5) is 24.7. The van der Waals surface area contributed by atoms with Gasteiger partial charge in [-0.3, -0.25) is 4.79 Å². The van der Waals surface area contributed by atoms with Gasteiger partial charge in [0.2, 0.25) is 6.79 Å². The van der Waals surface area contributed by atoms with Gasteiger partial charge in [0.1, 0.15) is 11.5 Å². The maximum Gasteiger partial charge on any atom is 0.343 e. The molecule has 33 heavy (non-hydrogen) atoms. The number of esters is 1. The molecule has 9 heteroatoms. The predicted molar refractivity (Wildman–Crippen MR) is 118 cm³/mol. The first kappa shape index (κ1) is 21.8. The molecule has 0 saturated carbocycles. The number of nitrogens with one attached hydrogen (secondary N) is 1.